The normalized spacial score (nSPS) is 11.9. The van der Waals surface area contributed by atoms with E-state index in [1.54, 1.807) is 0 Å². The van der Waals surface area contributed by atoms with Crippen molar-refractivity contribution in [3.63, 3.8) is 0 Å². The zero-order valence-electron chi connectivity index (χ0n) is 39.7. The first-order valence-corrected chi connectivity index (χ1v) is 23.7. The predicted octanol–water partition coefficient (Wildman–Crippen LogP) is 17.8. The fraction of sp³-hybridized carbons (Fsp3) is 0.0769. The van der Waals surface area contributed by atoms with Gasteiger partial charge in [0.05, 0.1) is 0 Å². The van der Waals surface area contributed by atoms with Crippen molar-refractivity contribution in [2.45, 2.75) is 19.3 Å². The summed E-state index contributed by atoms with van der Waals surface area (Å²) in [4.78, 5) is 9.08. The van der Waals surface area contributed by atoms with E-state index in [1.165, 1.54) is 61.8 Å². The van der Waals surface area contributed by atoms with Gasteiger partial charge in [-0.25, -0.2) is 0 Å². The van der Waals surface area contributed by atoms with E-state index in [0.717, 1.165) is 28.4 Å². The first kappa shape index (κ1) is 44.2. The molecule has 0 fully saturated rings. The number of benzene rings is 10. The molecule has 336 valence electrons. The summed E-state index contributed by atoms with van der Waals surface area (Å²) in [6.45, 7) is 4.70. The molecule has 0 N–H and O–H groups in total. The van der Waals surface area contributed by atoms with Gasteiger partial charge in [0.15, 0.2) is 0 Å². The molecule has 0 saturated carbocycles. The van der Waals surface area contributed by atoms with Crippen molar-refractivity contribution in [3.8, 4) is 22.3 Å². The summed E-state index contributed by atoms with van der Waals surface area (Å²) in [5, 5.41) is 0. The maximum atomic E-state index is 2.38. The molecule has 69 heavy (non-hydrogen) atoms. The van der Waals surface area contributed by atoms with E-state index in [9.17, 15) is 0 Å². The molecule has 0 spiro atoms. The zero-order valence-corrected chi connectivity index (χ0v) is 39.7. The molecule has 10 aromatic carbocycles. The molecule has 0 radical (unpaired) electrons. The second-order valence-electron chi connectivity index (χ2n) is 18.0. The molecule has 0 unspecified atom stereocenters. The lowest BCUT2D eigenvalue weighted by molar-refractivity contribution is 0.660. The Bertz CT molecular complexity index is 3150. The van der Waals surface area contributed by atoms with Gasteiger partial charge in [0, 0.05) is 76.4 Å². The van der Waals surface area contributed by atoms with Gasteiger partial charge in [0.1, 0.15) is 0 Å². The summed E-state index contributed by atoms with van der Waals surface area (Å²) >= 11 is 0. The minimum atomic E-state index is -0.104. The minimum Gasteiger partial charge on any atom is -0.345 e. The molecule has 11 rings (SSSR count). The van der Waals surface area contributed by atoms with Gasteiger partial charge in [-0.3, -0.25) is 0 Å². The van der Waals surface area contributed by atoms with Gasteiger partial charge in [-0.15, -0.1) is 0 Å². The maximum absolute atomic E-state index is 2.38. The SMILES string of the molecule is CN(c1ccccc1)c1ccc(-c2ccc(N(c3ccccc3)c3ccccc3)cc2)cc1.CN(c1ccccc1)c1ccc2c(c1)C(C)(C)c1cc(N(c3ccccc3)c3ccccc3)ccc1-2. The van der Waals surface area contributed by atoms with Gasteiger partial charge in [-0.1, -0.05) is 159 Å². The highest BCUT2D eigenvalue weighted by Gasteiger charge is 2.36. The lowest BCUT2D eigenvalue weighted by Gasteiger charge is -2.28. The number of para-hydroxylation sites is 6. The van der Waals surface area contributed by atoms with Crippen LogP contribution in [0.4, 0.5) is 56.9 Å². The van der Waals surface area contributed by atoms with Crippen molar-refractivity contribution < 1.29 is 0 Å². The minimum absolute atomic E-state index is 0.104. The van der Waals surface area contributed by atoms with Crippen molar-refractivity contribution in [2.24, 2.45) is 0 Å². The van der Waals surface area contributed by atoms with E-state index in [1.807, 2.05) is 6.07 Å². The van der Waals surface area contributed by atoms with Crippen LogP contribution in [-0.2, 0) is 5.41 Å². The summed E-state index contributed by atoms with van der Waals surface area (Å²) in [5.41, 5.74) is 19.4. The average Bonchev–Trinajstić information content (AvgIpc) is 3.65. The van der Waals surface area contributed by atoms with E-state index in [2.05, 4.69) is 308 Å². The van der Waals surface area contributed by atoms with Crippen molar-refractivity contribution >= 4 is 56.9 Å². The predicted molar refractivity (Wildman–Crippen MR) is 294 cm³/mol. The molecule has 1 aliphatic carbocycles. The van der Waals surface area contributed by atoms with Crippen molar-refractivity contribution in [2.75, 3.05) is 33.7 Å². The van der Waals surface area contributed by atoms with Crippen LogP contribution in [0.3, 0.4) is 0 Å². The third-order valence-corrected chi connectivity index (χ3v) is 13.3. The van der Waals surface area contributed by atoms with E-state index >= 15 is 0 Å². The fourth-order valence-corrected chi connectivity index (χ4v) is 9.55. The van der Waals surface area contributed by atoms with Crippen LogP contribution < -0.4 is 19.6 Å². The Hall–Kier alpha value is -8.60. The number of hydrogen-bond donors (Lipinski definition) is 0. The van der Waals surface area contributed by atoms with Crippen molar-refractivity contribution in [3.05, 3.63) is 278 Å². The number of fused-ring (bicyclic) bond motifs is 3. The van der Waals surface area contributed by atoms with E-state index in [4.69, 9.17) is 0 Å². The standard InChI is InChI=1S/C34H30N2.C31H26N2/c1-34(2)32-23-28(35(3)25-13-7-4-8-14-25)19-21-30(32)31-22-20-29(24-33(31)34)36(26-15-9-5-10-16-26)27-17-11-6-12-18-27;1-32(27-11-5-2-6-12-27)28-21-17-25(18-22-28)26-19-23-31(24-20-26)33(29-13-7-3-8-14-29)30-15-9-4-10-16-30/h4-24H,1-3H3;2-24H,1H3. The number of anilines is 10. The molecule has 0 amide bonds. The van der Waals surface area contributed by atoms with Gasteiger partial charge in [0.2, 0.25) is 0 Å². The van der Waals surface area contributed by atoms with Crippen LogP contribution in [0.5, 0.6) is 0 Å². The Balaban J connectivity index is 0.000000161. The third kappa shape index (κ3) is 9.26. The van der Waals surface area contributed by atoms with Crippen LogP contribution in [-0.4, -0.2) is 14.1 Å². The molecule has 0 atom stereocenters. The molecule has 4 heteroatoms. The number of rotatable bonds is 11. The second-order valence-corrected chi connectivity index (χ2v) is 18.0. The van der Waals surface area contributed by atoms with Gasteiger partial charge >= 0.3 is 0 Å². The number of hydrogen-bond acceptors (Lipinski definition) is 4. The monoisotopic (exact) mass is 892 g/mol. The molecular weight excluding hydrogens is 837 g/mol. The Labute approximate surface area is 408 Å². The lowest BCUT2D eigenvalue weighted by Crippen LogP contribution is -2.17. The quantitative estimate of drug-likeness (QED) is 0.128. The maximum Gasteiger partial charge on any atom is 0.0465 e. The summed E-state index contributed by atoms with van der Waals surface area (Å²) in [7, 11) is 4.24. The van der Waals surface area contributed by atoms with E-state index in [-0.39, 0.29) is 5.41 Å². The van der Waals surface area contributed by atoms with Crippen molar-refractivity contribution in [1.29, 1.82) is 0 Å². The first-order valence-electron chi connectivity index (χ1n) is 23.7. The van der Waals surface area contributed by atoms with E-state index in [0.29, 0.717) is 0 Å². The largest absolute Gasteiger partial charge is 0.345 e. The fourth-order valence-electron chi connectivity index (χ4n) is 9.55. The molecule has 0 bridgehead atoms. The van der Waals surface area contributed by atoms with Gasteiger partial charge in [0.25, 0.3) is 0 Å². The third-order valence-electron chi connectivity index (χ3n) is 13.3. The highest BCUT2D eigenvalue weighted by atomic mass is 15.1. The second kappa shape index (κ2) is 19.7. The van der Waals surface area contributed by atoms with Crippen LogP contribution in [0.15, 0.2) is 267 Å². The molecule has 1 aliphatic rings. The summed E-state index contributed by atoms with van der Waals surface area (Å²) in [6.07, 6.45) is 0. The molecular formula is C65H56N4. The Kier molecular flexibility index (Phi) is 12.6. The molecule has 4 nitrogen and oxygen atoms in total. The molecule has 10 aromatic rings. The highest BCUT2D eigenvalue weighted by Crippen LogP contribution is 2.52. The van der Waals surface area contributed by atoms with Crippen LogP contribution in [0.1, 0.15) is 25.0 Å². The highest BCUT2D eigenvalue weighted by molar-refractivity contribution is 5.87. The average molecular weight is 893 g/mol. The summed E-state index contributed by atoms with van der Waals surface area (Å²) in [6, 6.07) is 94.5. The van der Waals surface area contributed by atoms with Gasteiger partial charge < -0.3 is 19.6 Å². The Morgan fingerprint density at radius 3 is 0.870 bits per heavy atom. The van der Waals surface area contributed by atoms with Crippen molar-refractivity contribution in [1.82, 2.24) is 0 Å². The number of nitrogens with zero attached hydrogens (tertiary/aromatic N) is 4. The summed E-state index contributed by atoms with van der Waals surface area (Å²) in [5.74, 6) is 0. The molecule has 0 aliphatic heterocycles. The van der Waals surface area contributed by atoms with Crippen LogP contribution in [0.2, 0.25) is 0 Å². The Morgan fingerprint density at radius 2 is 0.493 bits per heavy atom. The molecule has 0 saturated heterocycles. The molecule has 0 heterocycles. The van der Waals surface area contributed by atoms with E-state index < -0.39 is 0 Å². The lowest BCUT2D eigenvalue weighted by atomic mass is 9.82. The first-order chi connectivity index (χ1) is 33.8. The van der Waals surface area contributed by atoms with Gasteiger partial charge in [-0.05, 0) is 155 Å². The smallest absolute Gasteiger partial charge is 0.0465 e. The topological polar surface area (TPSA) is 13.0 Å². The van der Waals surface area contributed by atoms with Crippen LogP contribution in [0.25, 0.3) is 22.3 Å². The zero-order chi connectivity index (χ0) is 47.2. The van der Waals surface area contributed by atoms with Crippen LogP contribution in [0, 0.1) is 0 Å². The van der Waals surface area contributed by atoms with Crippen LogP contribution >= 0.6 is 0 Å². The summed E-state index contributed by atoms with van der Waals surface area (Å²) < 4.78 is 0. The van der Waals surface area contributed by atoms with Gasteiger partial charge in [-0.2, -0.15) is 0 Å². The Morgan fingerprint density at radius 1 is 0.246 bits per heavy atom. The molecule has 0 aromatic heterocycles.